The molecular weight excluding hydrogens is 381 g/mol. The van der Waals surface area contributed by atoms with Crippen LogP contribution in [-0.4, -0.2) is 11.8 Å². The second-order valence-corrected chi connectivity index (χ2v) is 6.00. The number of ether oxygens (including phenoxy) is 2. The van der Waals surface area contributed by atoms with E-state index in [9.17, 15) is 4.79 Å². The van der Waals surface area contributed by atoms with Crippen LogP contribution in [0.25, 0.3) is 0 Å². The first-order valence-electron chi connectivity index (χ1n) is 5.72. The first-order chi connectivity index (χ1) is 9.66. The molecule has 0 saturated heterocycles. The predicted octanol–water partition coefficient (Wildman–Crippen LogP) is 6.19. The Labute approximate surface area is 147 Å². The minimum Gasteiger partial charge on any atom is -0.449 e. The Kier molecular flexibility index (Phi) is 6.51. The van der Waals surface area contributed by atoms with E-state index < -0.39 is 11.8 Å². The fourth-order valence-corrected chi connectivity index (χ4v) is 2.51. The van der Waals surface area contributed by atoms with Crippen LogP contribution in [-0.2, 0) is 9.53 Å². The molecule has 0 spiro atoms. The monoisotopic (exact) mass is 390 g/mol. The number of hydrogen-bond acceptors (Lipinski definition) is 3. The van der Waals surface area contributed by atoms with E-state index in [0.29, 0.717) is 6.42 Å². The second kappa shape index (κ2) is 7.30. The lowest BCUT2D eigenvalue weighted by Crippen LogP contribution is -2.37. The van der Waals surface area contributed by atoms with Crippen LogP contribution in [0.4, 0.5) is 0 Å². The normalized spacial score (nSPS) is 13.5. The summed E-state index contributed by atoms with van der Waals surface area (Å²) in [5.74, 6) is -1.99. The number of benzene rings is 1. The molecule has 0 aliphatic heterocycles. The van der Waals surface area contributed by atoms with E-state index >= 15 is 0 Å². The Morgan fingerprint density at radius 1 is 1.10 bits per heavy atom. The molecule has 0 heterocycles. The van der Waals surface area contributed by atoms with Crippen LogP contribution in [0.3, 0.4) is 0 Å². The summed E-state index contributed by atoms with van der Waals surface area (Å²) in [6.45, 7) is 6.61. The molecule has 0 aromatic heterocycles. The van der Waals surface area contributed by atoms with Gasteiger partial charge in [0.05, 0.1) is 15.1 Å². The molecule has 1 rings (SSSR count). The molecule has 1 unspecified atom stereocenters. The van der Waals surface area contributed by atoms with Gasteiger partial charge in [-0.3, -0.25) is 0 Å². The number of carbonyl (C=O) groups is 1. The zero-order valence-electron chi connectivity index (χ0n) is 11.1. The maximum Gasteiger partial charge on any atom is 0.333 e. The van der Waals surface area contributed by atoms with Crippen LogP contribution in [0.2, 0.25) is 25.1 Å². The van der Waals surface area contributed by atoms with E-state index in [1.54, 1.807) is 6.92 Å². The molecule has 0 radical (unpaired) electrons. The molecule has 21 heavy (non-hydrogen) atoms. The van der Waals surface area contributed by atoms with Crippen molar-refractivity contribution in [1.29, 1.82) is 0 Å². The molecule has 8 heteroatoms. The lowest BCUT2D eigenvalue weighted by atomic mass is 10.2. The van der Waals surface area contributed by atoms with Gasteiger partial charge in [-0.25, -0.2) is 4.79 Å². The lowest BCUT2D eigenvalue weighted by Gasteiger charge is -2.30. The highest BCUT2D eigenvalue weighted by Gasteiger charge is 2.32. The molecule has 1 aromatic rings. The van der Waals surface area contributed by atoms with E-state index in [1.807, 2.05) is 0 Å². The topological polar surface area (TPSA) is 35.5 Å². The van der Waals surface area contributed by atoms with Crippen LogP contribution in [0, 0.1) is 0 Å². The van der Waals surface area contributed by atoms with E-state index in [-0.39, 0.29) is 30.9 Å². The standard InChI is InChI=1S/C13H11Cl5O3/c1-4-6(19)20-13(3,5-2)21-12-10(17)8(15)7(14)9(16)11(12)18/h4H,1,5H2,2-3H3. The number of halogens is 5. The van der Waals surface area contributed by atoms with Gasteiger partial charge in [0.25, 0.3) is 5.79 Å². The Bertz CT molecular complexity index is 559. The summed E-state index contributed by atoms with van der Waals surface area (Å²) in [5, 5.41) is -0.0368. The molecule has 116 valence electrons. The smallest absolute Gasteiger partial charge is 0.333 e. The molecular formula is C13H11Cl5O3. The third kappa shape index (κ3) is 4.11. The summed E-state index contributed by atoms with van der Waals surface area (Å²) >= 11 is 29.9. The first kappa shape index (κ1) is 18.7. The maximum atomic E-state index is 11.4. The molecule has 0 N–H and O–H groups in total. The highest BCUT2D eigenvalue weighted by atomic mass is 35.5. The van der Waals surface area contributed by atoms with Crippen LogP contribution in [0.15, 0.2) is 12.7 Å². The minimum atomic E-state index is -1.32. The molecule has 0 bridgehead atoms. The number of esters is 1. The molecule has 1 aromatic carbocycles. The first-order valence-corrected chi connectivity index (χ1v) is 7.61. The molecule has 0 saturated carbocycles. The fourth-order valence-electron chi connectivity index (χ4n) is 1.31. The van der Waals surface area contributed by atoms with Crippen molar-refractivity contribution in [2.45, 2.75) is 26.1 Å². The summed E-state index contributed by atoms with van der Waals surface area (Å²) in [5.41, 5.74) is 0. The third-order valence-electron chi connectivity index (χ3n) is 2.61. The third-order valence-corrected chi connectivity index (χ3v) is 4.85. The van der Waals surface area contributed by atoms with Crippen LogP contribution in [0.1, 0.15) is 20.3 Å². The van der Waals surface area contributed by atoms with Crippen molar-refractivity contribution >= 4 is 64.0 Å². The lowest BCUT2D eigenvalue weighted by molar-refractivity contribution is -0.187. The summed E-state index contributed by atoms with van der Waals surface area (Å²) in [6, 6.07) is 0. The number of rotatable bonds is 5. The molecule has 0 aliphatic carbocycles. The van der Waals surface area contributed by atoms with Gasteiger partial charge in [0.15, 0.2) is 5.75 Å². The summed E-state index contributed by atoms with van der Waals surface area (Å²) in [7, 11) is 0. The number of hydrogen-bond donors (Lipinski definition) is 0. The maximum absolute atomic E-state index is 11.4. The van der Waals surface area contributed by atoms with Gasteiger partial charge in [-0.2, -0.15) is 0 Å². The van der Waals surface area contributed by atoms with Crippen molar-refractivity contribution in [2.75, 3.05) is 0 Å². The van der Waals surface area contributed by atoms with Gasteiger partial charge >= 0.3 is 5.97 Å². The minimum absolute atomic E-state index is 0.00349. The van der Waals surface area contributed by atoms with Crippen LogP contribution < -0.4 is 4.74 Å². The quantitative estimate of drug-likeness (QED) is 0.197. The molecule has 3 nitrogen and oxygen atoms in total. The van der Waals surface area contributed by atoms with E-state index in [1.165, 1.54) is 6.92 Å². The van der Waals surface area contributed by atoms with Gasteiger partial charge in [0, 0.05) is 19.4 Å². The predicted molar refractivity (Wildman–Crippen MR) is 87.1 cm³/mol. The number of carbonyl (C=O) groups excluding carboxylic acids is 1. The van der Waals surface area contributed by atoms with Crippen molar-refractivity contribution in [3.63, 3.8) is 0 Å². The fraction of sp³-hybridized carbons (Fsp3) is 0.308. The van der Waals surface area contributed by atoms with Crippen molar-refractivity contribution in [3.05, 3.63) is 37.8 Å². The van der Waals surface area contributed by atoms with Crippen LogP contribution >= 0.6 is 58.0 Å². The largest absolute Gasteiger partial charge is 0.449 e. The SMILES string of the molecule is C=CC(=O)OC(C)(CC)Oc1c(Cl)c(Cl)c(Cl)c(Cl)c1Cl. The second-order valence-electron chi connectivity index (χ2n) is 4.11. The van der Waals surface area contributed by atoms with Gasteiger partial charge in [-0.05, 0) is 0 Å². The van der Waals surface area contributed by atoms with Crippen molar-refractivity contribution in [2.24, 2.45) is 0 Å². The molecule has 1 atom stereocenters. The van der Waals surface area contributed by atoms with Crippen molar-refractivity contribution < 1.29 is 14.3 Å². The van der Waals surface area contributed by atoms with Gasteiger partial charge in [0.2, 0.25) is 0 Å². The molecule has 0 aliphatic rings. The molecule has 0 amide bonds. The molecule has 0 fully saturated rings. The Hall–Kier alpha value is -0.320. The van der Waals surface area contributed by atoms with Gasteiger partial charge in [-0.15, -0.1) is 0 Å². The van der Waals surface area contributed by atoms with Gasteiger partial charge in [-0.1, -0.05) is 71.5 Å². The van der Waals surface area contributed by atoms with Gasteiger partial charge < -0.3 is 9.47 Å². The average Bonchev–Trinajstić information content (AvgIpc) is 2.47. The summed E-state index contributed by atoms with van der Waals surface area (Å²) < 4.78 is 10.8. The van der Waals surface area contributed by atoms with Crippen molar-refractivity contribution in [1.82, 2.24) is 0 Å². The van der Waals surface area contributed by atoms with E-state index in [0.717, 1.165) is 6.08 Å². The van der Waals surface area contributed by atoms with E-state index in [2.05, 4.69) is 6.58 Å². The Morgan fingerprint density at radius 3 is 1.90 bits per heavy atom. The average molecular weight is 392 g/mol. The van der Waals surface area contributed by atoms with Crippen molar-refractivity contribution in [3.8, 4) is 5.75 Å². The van der Waals surface area contributed by atoms with Crippen LogP contribution in [0.5, 0.6) is 5.75 Å². The zero-order chi connectivity index (χ0) is 16.4. The summed E-state index contributed by atoms with van der Waals surface area (Å²) in [4.78, 5) is 11.4. The van der Waals surface area contributed by atoms with E-state index in [4.69, 9.17) is 67.5 Å². The highest BCUT2D eigenvalue weighted by Crippen LogP contribution is 2.49. The highest BCUT2D eigenvalue weighted by molar-refractivity contribution is 6.55. The van der Waals surface area contributed by atoms with Gasteiger partial charge in [0.1, 0.15) is 10.0 Å². The Morgan fingerprint density at radius 2 is 1.52 bits per heavy atom. The Balaban J connectivity index is 3.28. The zero-order valence-corrected chi connectivity index (χ0v) is 14.9. The summed E-state index contributed by atoms with van der Waals surface area (Å²) in [6.07, 6.45) is 1.33.